The van der Waals surface area contributed by atoms with Crippen LogP contribution >= 0.6 is 0 Å². The van der Waals surface area contributed by atoms with Gasteiger partial charge in [0.25, 0.3) is 5.91 Å². The maximum absolute atomic E-state index is 13.4. The van der Waals surface area contributed by atoms with E-state index in [1.165, 1.54) is 11.2 Å². The lowest BCUT2D eigenvalue weighted by Gasteiger charge is -2.27. The van der Waals surface area contributed by atoms with E-state index < -0.39 is 35.5 Å². The first-order valence-electron chi connectivity index (χ1n) is 10.8. The van der Waals surface area contributed by atoms with E-state index in [2.05, 4.69) is 5.32 Å². The lowest BCUT2D eigenvalue weighted by atomic mass is 9.99. The molecule has 3 aromatic carbocycles. The van der Waals surface area contributed by atoms with Crippen LogP contribution in [0.3, 0.4) is 0 Å². The van der Waals surface area contributed by atoms with E-state index in [9.17, 15) is 18.4 Å². The monoisotopic (exact) mass is 483 g/mol. The van der Waals surface area contributed by atoms with Crippen molar-refractivity contribution in [3.05, 3.63) is 95.3 Å². The summed E-state index contributed by atoms with van der Waals surface area (Å²) in [7, 11) is 0. The Kier molecular flexibility index (Phi) is 8.34. The molecule has 0 fully saturated rings. The number of hydroxylamine groups is 1. The first-order chi connectivity index (χ1) is 16.7. The number of halogens is 2. The summed E-state index contributed by atoms with van der Waals surface area (Å²) in [4.78, 5) is 24.3. The Morgan fingerprint density at radius 3 is 2.46 bits per heavy atom. The van der Waals surface area contributed by atoms with E-state index in [0.717, 1.165) is 34.5 Å². The predicted molar refractivity (Wildman–Crippen MR) is 128 cm³/mol. The van der Waals surface area contributed by atoms with E-state index in [4.69, 9.17) is 16.8 Å². The third kappa shape index (κ3) is 6.75. The molecule has 10 heteroatoms. The lowest BCUT2D eigenvalue weighted by Crippen LogP contribution is -2.44. The quantitative estimate of drug-likeness (QED) is 0.181. The molecule has 0 saturated carbocycles. The molecule has 0 heterocycles. The standard InChI is InChI=1S/C25H27F2N5O3/c1-15(30-25(34)19-8-9-21(26)22(27)12-19)23(28)14-32(29)20(13-24(33)31-35)11-16-6-7-17-4-2-3-5-18(17)10-16/h2-10,12,14-15,20,35H,11,13,28-29H2,1H3,(H,30,34)(H,31,33)/b23-14-. The van der Waals surface area contributed by atoms with Gasteiger partial charge >= 0.3 is 0 Å². The number of hydrazine groups is 1. The first-order valence-corrected chi connectivity index (χ1v) is 10.8. The molecule has 0 aliphatic carbocycles. The van der Waals surface area contributed by atoms with Crippen LogP contribution in [0.4, 0.5) is 8.78 Å². The molecule has 0 aliphatic heterocycles. The Morgan fingerprint density at radius 1 is 1.06 bits per heavy atom. The highest BCUT2D eigenvalue weighted by atomic mass is 19.2. The average molecular weight is 484 g/mol. The van der Waals surface area contributed by atoms with Gasteiger partial charge < -0.3 is 16.1 Å². The number of nitrogens with one attached hydrogen (secondary N) is 2. The van der Waals surface area contributed by atoms with Gasteiger partial charge in [0, 0.05) is 17.5 Å². The predicted octanol–water partition coefficient (Wildman–Crippen LogP) is 2.72. The van der Waals surface area contributed by atoms with Crippen molar-refractivity contribution >= 4 is 22.6 Å². The van der Waals surface area contributed by atoms with Crippen molar-refractivity contribution in [2.75, 3.05) is 0 Å². The third-order valence-corrected chi connectivity index (χ3v) is 5.58. The number of hydrogen-bond acceptors (Lipinski definition) is 6. The van der Waals surface area contributed by atoms with Gasteiger partial charge in [0.2, 0.25) is 5.91 Å². The van der Waals surface area contributed by atoms with E-state index in [1.807, 2.05) is 42.5 Å². The number of nitrogens with zero attached hydrogens (tertiary/aromatic N) is 1. The van der Waals surface area contributed by atoms with Gasteiger partial charge in [-0.3, -0.25) is 14.8 Å². The van der Waals surface area contributed by atoms with Crippen molar-refractivity contribution in [3.8, 4) is 0 Å². The van der Waals surface area contributed by atoms with Gasteiger partial charge in [-0.1, -0.05) is 42.5 Å². The van der Waals surface area contributed by atoms with Crippen LogP contribution in [0, 0.1) is 11.6 Å². The Morgan fingerprint density at radius 2 is 1.77 bits per heavy atom. The Bertz CT molecular complexity index is 1250. The summed E-state index contributed by atoms with van der Waals surface area (Å²) in [6, 6.07) is 15.2. The molecule has 3 aromatic rings. The van der Waals surface area contributed by atoms with Gasteiger partial charge in [-0.15, -0.1) is 0 Å². The third-order valence-electron chi connectivity index (χ3n) is 5.58. The number of hydrogen-bond donors (Lipinski definition) is 5. The molecule has 35 heavy (non-hydrogen) atoms. The van der Waals surface area contributed by atoms with Crippen LogP contribution < -0.4 is 22.4 Å². The Labute approximate surface area is 201 Å². The molecule has 0 aromatic heterocycles. The topological polar surface area (TPSA) is 134 Å². The fraction of sp³-hybridized carbons (Fsp3) is 0.200. The van der Waals surface area contributed by atoms with Gasteiger partial charge in [0.05, 0.1) is 18.5 Å². The van der Waals surface area contributed by atoms with Crippen molar-refractivity contribution < 1.29 is 23.6 Å². The van der Waals surface area contributed by atoms with E-state index in [-0.39, 0.29) is 17.7 Å². The molecular weight excluding hydrogens is 456 g/mol. The number of benzene rings is 3. The SMILES string of the molecule is CC(NC(=O)c1ccc(F)c(F)c1)/C(N)=C/N(N)C(CC(=O)NO)Cc1ccc2ccccc2c1. The van der Waals surface area contributed by atoms with Crippen LogP contribution in [-0.2, 0) is 11.2 Å². The van der Waals surface area contributed by atoms with Crippen LogP contribution in [0.25, 0.3) is 10.8 Å². The summed E-state index contributed by atoms with van der Waals surface area (Å²) in [5.74, 6) is 2.74. The van der Waals surface area contributed by atoms with Crippen LogP contribution in [0.15, 0.2) is 72.6 Å². The molecule has 7 N–H and O–H groups in total. The molecule has 3 rings (SSSR count). The van der Waals surface area contributed by atoms with Crippen molar-refractivity contribution in [2.45, 2.75) is 31.8 Å². The number of carbonyl (C=O) groups is 2. The minimum Gasteiger partial charge on any atom is -0.399 e. The van der Waals surface area contributed by atoms with E-state index in [1.54, 1.807) is 12.4 Å². The van der Waals surface area contributed by atoms with Crippen LogP contribution in [-0.4, -0.2) is 34.1 Å². The number of carbonyl (C=O) groups excluding carboxylic acids is 2. The summed E-state index contributed by atoms with van der Waals surface area (Å²) in [5, 5.41) is 14.9. The largest absolute Gasteiger partial charge is 0.399 e. The highest BCUT2D eigenvalue weighted by Crippen LogP contribution is 2.19. The fourth-order valence-corrected chi connectivity index (χ4v) is 3.57. The molecule has 0 aliphatic rings. The molecule has 2 unspecified atom stereocenters. The Hall–Kier alpha value is -4.02. The zero-order valence-corrected chi connectivity index (χ0v) is 19.0. The summed E-state index contributed by atoms with van der Waals surface area (Å²) < 4.78 is 26.6. The smallest absolute Gasteiger partial charge is 0.251 e. The minimum atomic E-state index is -1.14. The normalized spacial score (nSPS) is 13.2. The summed E-state index contributed by atoms with van der Waals surface area (Å²) >= 11 is 0. The molecule has 0 bridgehead atoms. The molecular formula is C25H27F2N5O3. The van der Waals surface area contributed by atoms with Gasteiger partial charge in [-0.2, -0.15) is 0 Å². The van der Waals surface area contributed by atoms with Crippen LogP contribution in [0.5, 0.6) is 0 Å². The highest BCUT2D eigenvalue weighted by Gasteiger charge is 2.20. The summed E-state index contributed by atoms with van der Waals surface area (Å²) in [5.41, 5.74) is 8.73. The maximum atomic E-state index is 13.4. The van der Waals surface area contributed by atoms with Gasteiger partial charge in [-0.05, 0) is 47.9 Å². The second kappa shape index (κ2) is 11.4. The number of rotatable bonds is 9. The molecule has 2 amide bonds. The second-order valence-corrected chi connectivity index (χ2v) is 8.18. The Balaban J connectivity index is 1.74. The van der Waals surface area contributed by atoms with E-state index >= 15 is 0 Å². The van der Waals surface area contributed by atoms with E-state index in [0.29, 0.717) is 6.42 Å². The fourth-order valence-electron chi connectivity index (χ4n) is 3.57. The molecule has 0 saturated heterocycles. The highest BCUT2D eigenvalue weighted by molar-refractivity contribution is 5.94. The lowest BCUT2D eigenvalue weighted by molar-refractivity contribution is -0.130. The number of nitrogens with two attached hydrogens (primary N) is 2. The van der Waals surface area contributed by atoms with Gasteiger partial charge in [0.1, 0.15) is 0 Å². The average Bonchev–Trinajstić information content (AvgIpc) is 2.84. The molecule has 2 atom stereocenters. The number of fused-ring (bicyclic) bond motifs is 1. The second-order valence-electron chi connectivity index (χ2n) is 8.18. The summed E-state index contributed by atoms with van der Waals surface area (Å²) in [6.45, 7) is 1.59. The van der Waals surface area contributed by atoms with Crippen molar-refractivity contribution in [2.24, 2.45) is 11.6 Å². The van der Waals surface area contributed by atoms with Crippen LogP contribution in [0.2, 0.25) is 0 Å². The summed E-state index contributed by atoms with van der Waals surface area (Å²) in [6.07, 6.45) is 1.62. The molecule has 0 spiro atoms. The molecule has 184 valence electrons. The van der Waals surface area contributed by atoms with Crippen molar-refractivity contribution in [1.29, 1.82) is 0 Å². The minimum absolute atomic E-state index is 0.0676. The van der Waals surface area contributed by atoms with Crippen molar-refractivity contribution in [1.82, 2.24) is 15.8 Å². The maximum Gasteiger partial charge on any atom is 0.251 e. The van der Waals surface area contributed by atoms with Crippen molar-refractivity contribution in [3.63, 3.8) is 0 Å². The molecule has 0 radical (unpaired) electrons. The van der Waals surface area contributed by atoms with Crippen LogP contribution in [0.1, 0.15) is 29.3 Å². The zero-order chi connectivity index (χ0) is 25.5. The van der Waals surface area contributed by atoms with Gasteiger partial charge in [0.15, 0.2) is 11.6 Å². The zero-order valence-electron chi connectivity index (χ0n) is 19.0. The van der Waals surface area contributed by atoms with Gasteiger partial charge in [-0.25, -0.2) is 20.1 Å². The number of amides is 2. The molecule has 8 nitrogen and oxygen atoms in total. The first kappa shape index (κ1) is 25.6.